The molecule has 0 spiro atoms. The molecule has 0 amide bonds. The van der Waals surface area contributed by atoms with Crippen LogP contribution in [0.3, 0.4) is 0 Å². The highest BCUT2D eigenvalue weighted by atomic mass is 32.1. The minimum atomic E-state index is 0.371. The van der Waals surface area contributed by atoms with Crippen molar-refractivity contribution in [2.24, 2.45) is 5.73 Å². The second-order valence-corrected chi connectivity index (χ2v) is 5.00. The molecule has 0 aromatic rings. The Morgan fingerprint density at radius 1 is 1.53 bits per heavy atom. The third kappa shape index (κ3) is 4.91. The maximum Gasteiger partial charge on any atom is 0.0870 e. The van der Waals surface area contributed by atoms with Crippen molar-refractivity contribution in [1.82, 2.24) is 4.90 Å². The molecule has 1 aliphatic rings. The summed E-state index contributed by atoms with van der Waals surface area (Å²) in [5.74, 6) is 0. The van der Waals surface area contributed by atoms with Gasteiger partial charge < -0.3 is 10.5 Å². The largest absolute Gasteiger partial charge is 0.392 e. The Kier molecular flexibility index (Phi) is 5.50. The van der Waals surface area contributed by atoms with Crippen LogP contribution in [0.5, 0.6) is 0 Å². The topological polar surface area (TPSA) is 38.5 Å². The summed E-state index contributed by atoms with van der Waals surface area (Å²) in [6, 6.07) is 0.469. The van der Waals surface area contributed by atoms with Gasteiger partial charge in [-0.05, 0) is 33.1 Å². The van der Waals surface area contributed by atoms with E-state index in [0.29, 0.717) is 23.7 Å². The van der Waals surface area contributed by atoms with Crippen molar-refractivity contribution in [3.8, 4) is 0 Å². The van der Waals surface area contributed by atoms with Gasteiger partial charge in [0.2, 0.25) is 0 Å². The number of rotatable bonds is 5. The van der Waals surface area contributed by atoms with Crippen LogP contribution >= 0.6 is 12.2 Å². The van der Waals surface area contributed by atoms with Gasteiger partial charge in [-0.2, -0.15) is 0 Å². The Morgan fingerprint density at radius 2 is 2.27 bits per heavy atom. The normalized spacial score (nSPS) is 22.3. The first-order valence-corrected chi connectivity index (χ1v) is 6.14. The van der Waals surface area contributed by atoms with Crippen molar-refractivity contribution in [1.29, 1.82) is 0 Å². The van der Waals surface area contributed by atoms with Gasteiger partial charge in [0, 0.05) is 25.7 Å². The number of hydrogen-bond donors (Lipinski definition) is 1. The lowest BCUT2D eigenvalue weighted by Crippen LogP contribution is -2.43. The summed E-state index contributed by atoms with van der Waals surface area (Å²) in [6.45, 7) is 6.90. The molecule has 0 bridgehead atoms. The number of hydrogen-bond acceptors (Lipinski definition) is 3. The molecule has 88 valence electrons. The summed E-state index contributed by atoms with van der Waals surface area (Å²) >= 11 is 4.95. The van der Waals surface area contributed by atoms with E-state index < -0.39 is 0 Å². The van der Waals surface area contributed by atoms with Crippen LogP contribution in [0.2, 0.25) is 0 Å². The quantitative estimate of drug-likeness (QED) is 0.727. The van der Waals surface area contributed by atoms with Gasteiger partial charge in [0.05, 0.1) is 11.1 Å². The highest BCUT2D eigenvalue weighted by Crippen LogP contribution is 2.14. The Hall–Kier alpha value is -0.190. The van der Waals surface area contributed by atoms with Gasteiger partial charge in [-0.25, -0.2) is 0 Å². The van der Waals surface area contributed by atoms with Gasteiger partial charge in [-0.3, -0.25) is 4.90 Å². The molecule has 1 saturated heterocycles. The standard InChI is InChI=1S/C11H22N2OS/c1-9(2)13(8-11(12)15)7-10-5-3-4-6-14-10/h9-10H,3-8H2,1-2H3,(H2,12,15). The first-order valence-electron chi connectivity index (χ1n) is 5.73. The minimum absolute atomic E-state index is 0.371. The SMILES string of the molecule is CC(C)N(CC(N)=S)CC1CCCCO1. The smallest absolute Gasteiger partial charge is 0.0870 e. The molecule has 15 heavy (non-hydrogen) atoms. The van der Waals surface area contributed by atoms with Crippen molar-refractivity contribution in [2.45, 2.75) is 45.3 Å². The van der Waals surface area contributed by atoms with Crippen molar-refractivity contribution in [3.05, 3.63) is 0 Å². The van der Waals surface area contributed by atoms with Crippen LogP contribution < -0.4 is 5.73 Å². The fourth-order valence-corrected chi connectivity index (χ4v) is 2.04. The highest BCUT2D eigenvalue weighted by Gasteiger charge is 2.19. The predicted molar refractivity (Wildman–Crippen MR) is 67.1 cm³/mol. The van der Waals surface area contributed by atoms with Gasteiger partial charge in [-0.1, -0.05) is 12.2 Å². The monoisotopic (exact) mass is 230 g/mol. The number of nitrogens with two attached hydrogens (primary N) is 1. The molecule has 0 aromatic heterocycles. The highest BCUT2D eigenvalue weighted by molar-refractivity contribution is 7.80. The first-order chi connectivity index (χ1) is 7.09. The molecule has 0 saturated carbocycles. The lowest BCUT2D eigenvalue weighted by atomic mass is 10.1. The third-order valence-electron chi connectivity index (χ3n) is 2.80. The maximum absolute atomic E-state index is 5.71. The molecule has 4 heteroatoms. The van der Waals surface area contributed by atoms with Crippen LogP contribution in [-0.4, -0.2) is 41.7 Å². The Labute approximate surface area is 98.0 Å². The van der Waals surface area contributed by atoms with Gasteiger partial charge in [0.15, 0.2) is 0 Å². The van der Waals surface area contributed by atoms with Gasteiger partial charge in [0.1, 0.15) is 0 Å². The second kappa shape index (κ2) is 6.40. The molecule has 0 radical (unpaired) electrons. The molecular weight excluding hydrogens is 208 g/mol. The summed E-state index contributed by atoms with van der Waals surface area (Å²) < 4.78 is 5.71. The van der Waals surface area contributed by atoms with Gasteiger partial charge in [-0.15, -0.1) is 0 Å². The molecule has 1 aliphatic heterocycles. The molecule has 2 N–H and O–H groups in total. The molecule has 1 fully saturated rings. The fraction of sp³-hybridized carbons (Fsp3) is 0.909. The van der Waals surface area contributed by atoms with Gasteiger partial charge >= 0.3 is 0 Å². The van der Waals surface area contributed by atoms with Crippen molar-refractivity contribution < 1.29 is 4.74 Å². The Morgan fingerprint density at radius 3 is 2.73 bits per heavy atom. The van der Waals surface area contributed by atoms with Crippen molar-refractivity contribution in [2.75, 3.05) is 19.7 Å². The Bertz CT molecular complexity index is 203. The van der Waals surface area contributed by atoms with Crippen molar-refractivity contribution in [3.63, 3.8) is 0 Å². The van der Waals surface area contributed by atoms with Gasteiger partial charge in [0.25, 0.3) is 0 Å². The lowest BCUT2D eigenvalue weighted by molar-refractivity contribution is -0.00792. The molecule has 0 aromatic carbocycles. The van der Waals surface area contributed by atoms with E-state index in [0.717, 1.165) is 13.2 Å². The summed E-state index contributed by atoms with van der Waals surface area (Å²) in [5.41, 5.74) is 5.59. The summed E-state index contributed by atoms with van der Waals surface area (Å²) in [4.78, 5) is 2.86. The molecule has 1 rings (SSSR count). The number of ether oxygens (including phenoxy) is 1. The van der Waals surface area contributed by atoms with Crippen LogP contribution in [0.4, 0.5) is 0 Å². The molecule has 1 atom stereocenters. The molecule has 3 nitrogen and oxygen atoms in total. The van der Waals surface area contributed by atoms with E-state index in [2.05, 4.69) is 18.7 Å². The van der Waals surface area contributed by atoms with Crippen LogP contribution in [0.25, 0.3) is 0 Å². The van der Waals surface area contributed by atoms with Crippen LogP contribution in [0.15, 0.2) is 0 Å². The molecule has 1 heterocycles. The minimum Gasteiger partial charge on any atom is -0.392 e. The summed E-state index contributed by atoms with van der Waals surface area (Å²) in [7, 11) is 0. The van der Waals surface area contributed by atoms with Crippen LogP contribution in [0, 0.1) is 0 Å². The van der Waals surface area contributed by atoms with E-state index in [1.807, 2.05) is 0 Å². The van der Waals surface area contributed by atoms with Crippen molar-refractivity contribution >= 4 is 17.2 Å². The second-order valence-electron chi connectivity index (χ2n) is 4.48. The lowest BCUT2D eigenvalue weighted by Gasteiger charge is -2.32. The van der Waals surface area contributed by atoms with E-state index >= 15 is 0 Å². The van der Waals surface area contributed by atoms with E-state index in [-0.39, 0.29) is 0 Å². The zero-order valence-electron chi connectivity index (χ0n) is 9.74. The fourth-order valence-electron chi connectivity index (χ4n) is 1.87. The van der Waals surface area contributed by atoms with E-state index in [4.69, 9.17) is 22.7 Å². The first kappa shape index (κ1) is 12.9. The van der Waals surface area contributed by atoms with E-state index in [9.17, 15) is 0 Å². The van der Waals surface area contributed by atoms with E-state index in [1.54, 1.807) is 0 Å². The van der Waals surface area contributed by atoms with E-state index in [1.165, 1.54) is 19.3 Å². The average Bonchev–Trinajstić information content (AvgIpc) is 2.17. The third-order valence-corrected chi connectivity index (χ3v) is 2.93. The number of nitrogens with zero attached hydrogens (tertiary/aromatic N) is 1. The average molecular weight is 230 g/mol. The summed E-state index contributed by atoms with van der Waals surface area (Å²) in [5, 5.41) is 0. The van der Waals surface area contributed by atoms with Crippen LogP contribution in [-0.2, 0) is 4.74 Å². The zero-order valence-corrected chi connectivity index (χ0v) is 10.6. The zero-order chi connectivity index (χ0) is 11.3. The molecule has 1 unspecified atom stereocenters. The molecular formula is C11H22N2OS. The summed E-state index contributed by atoms with van der Waals surface area (Å²) in [6.07, 6.45) is 4.02. The van der Waals surface area contributed by atoms with Crippen LogP contribution in [0.1, 0.15) is 33.1 Å². The predicted octanol–water partition coefficient (Wildman–Crippen LogP) is 1.55. The Balaban J connectivity index is 2.38. The molecule has 0 aliphatic carbocycles. The maximum atomic E-state index is 5.71. The number of thiocarbonyl (C=S) groups is 1.